The first-order valence-corrected chi connectivity index (χ1v) is 49.1. The number of carbonyl (C=O) groups excluding carboxylic acids is 3. The van der Waals surface area contributed by atoms with Gasteiger partial charge in [-0.25, -0.2) is 44.9 Å². The average Bonchev–Trinajstić information content (AvgIpc) is 0.885. The van der Waals surface area contributed by atoms with Crippen molar-refractivity contribution in [2.75, 3.05) is 233 Å². The fourth-order valence-electron chi connectivity index (χ4n) is 18.9. The van der Waals surface area contributed by atoms with Gasteiger partial charge >= 0.3 is 0 Å². The Hall–Kier alpha value is -16.9. The molecule has 1 unspecified atom stereocenters. The number of nitrogens with zero attached hydrogens (tertiary/aromatic N) is 18. The Morgan fingerprint density at radius 3 is 1.14 bits per heavy atom. The summed E-state index contributed by atoms with van der Waals surface area (Å²) in [6.45, 7) is -0.0350. The Morgan fingerprint density at radius 2 is 0.773 bits per heavy atom. The van der Waals surface area contributed by atoms with E-state index in [1.165, 1.54) is 25.3 Å². The zero-order valence-corrected chi connectivity index (χ0v) is 82.3. The predicted octanol–water partition coefficient (Wildman–Crippen LogP) is 11.4. The molecule has 0 saturated carbocycles. The van der Waals surface area contributed by atoms with Crippen LogP contribution in [-0.4, -0.2) is 306 Å². The third-order valence-electron chi connectivity index (χ3n) is 26.6. The van der Waals surface area contributed by atoms with Crippen molar-refractivity contribution in [2.24, 2.45) is 0 Å². The zero-order valence-electron chi connectivity index (χ0n) is 90.3. The van der Waals surface area contributed by atoms with Gasteiger partial charge in [0.2, 0.25) is 5.88 Å². The lowest BCUT2D eigenvalue weighted by Crippen LogP contribution is -2.56. The van der Waals surface area contributed by atoms with Crippen LogP contribution in [0.1, 0.15) is 54.0 Å². The van der Waals surface area contributed by atoms with E-state index in [2.05, 4.69) is 92.5 Å². The molecule has 150 heavy (non-hydrogen) atoms. The number of aryl methyl sites for hydroxylation is 1. The van der Waals surface area contributed by atoms with Crippen molar-refractivity contribution in [2.45, 2.75) is 31.1 Å². The van der Waals surface area contributed by atoms with Crippen molar-refractivity contribution in [1.29, 1.82) is 0 Å². The number of morpholine rings is 3. The van der Waals surface area contributed by atoms with E-state index in [1.807, 2.05) is 142 Å². The van der Waals surface area contributed by atoms with E-state index in [0.717, 1.165) is 120 Å². The van der Waals surface area contributed by atoms with Crippen molar-refractivity contribution in [3.8, 4) is 91.2 Å². The molecule has 25 rings (SSSR count). The molecule has 42 heteroatoms. The number of hydrogen-bond donors (Lipinski definition) is 9. The molecule has 2 atom stereocenters. The molecule has 9 N–H and O–H groups in total. The number of nitrogens with one attached hydrogen (secondary N) is 7. The molecule has 5 saturated heterocycles. The maximum Gasteiger partial charge on any atom is 0.255 e. The first kappa shape index (κ1) is 88.4. The summed E-state index contributed by atoms with van der Waals surface area (Å²) in [7, 11) is 6.26. The van der Waals surface area contributed by atoms with E-state index in [4.69, 9.17) is 83.0 Å². The maximum atomic E-state index is 12.6. The third-order valence-corrected chi connectivity index (χ3v) is 26.6. The number of carbonyl (C=O) groups is 3. The van der Waals surface area contributed by atoms with E-state index in [9.17, 15) is 24.6 Å². The normalized spacial score (nSPS) is 19.3. The standard InChI is InChI=1S/C29H31N7O4.2C27H28N6O5.C25H26N6O3/c1-38-26-15-20(3-4-24(26)35-11-9-34(10-12-35)21-17-39-18-21)32-27-28-30-6-8-36(28)16-23(33-27)19-2-5-25-22(14-19)29(37)31-7-13-40-25;2*1-36-24-13-18(3-4-22(24)32-9-11-37-19(14-32)16-34)30-25-26-28-6-8-33(26)15-21(31-25)17-2-5-23-20(12-17)27(35)29-7-10-38-23;1-32-22-14-19(4-5-21(22)30-8-11-33-12-9-30)28-23-24-26-6-7-31(24)16-20(29-23)18-13-17-3-2-10-34-25(17)27-15-18/h2-6,8,14-16,21H,7,9-13,17-18H2,1H3,(H,31,37)(H,32,33);2*2-6,8,12-13,15,19,34H,7,9-11,14,16H2,1H3,(H,29,35)(H,30,31);4-7,13-16H,2-3,8-12H2,1H3,(H,28,29)/t;19-;;/m.1../s1/i;;;8D2,9D2,11D2,12D2. The quantitative estimate of drug-likeness (QED) is 0.0287. The molecule has 18 heterocycles. The van der Waals surface area contributed by atoms with Crippen molar-refractivity contribution in [1.82, 2.24) is 83.3 Å². The Balaban J connectivity index is 0.000000118. The molecule has 16 aromatic rings. The van der Waals surface area contributed by atoms with Gasteiger partial charge in [0.1, 0.15) is 60.1 Å². The van der Waals surface area contributed by atoms with Crippen LogP contribution in [0.15, 0.2) is 214 Å². The molecule has 9 aliphatic rings. The van der Waals surface area contributed by atoms with Gasteiger partial charge in [-0.2, -0.15) is 0 Å². The third kappa shape index (κ3) is 21.3. The molecule has 9 aliphatic heterocycles. The van der Waals surface area contributed by atoms with Gasteiger partial charge in [-0.15, -0.1) is 0 Å². The fraction of sp³-hybridized carbons (Fsp3) is 0.315. The molecular formula is C108H113N25O17. The highest BCUT2D eigenvalue weighted by Crippen LogP contribution is 2.43. The van der Waals surface area contributed by atoms with Crippen molar-refractivity contribution >= 4 is 109 Å². The number of pyridine rings is 1. The Labute approximate surface area is 872 Å². The minimum atomic E-state index is -3.20. The summed E-state index contributed by atoms with van der Waals surface area (Å²) < 4.78 is 140. The summed E-state index contributed by atoms with van der Waals surface area (Å²) in [5.41, 5.74) is 16.3. The number of methoxy groups -OCH3 is 4. The maximum absolute atomic E-state index is 12.6. The van der Waals surface area contributed by atoms with Crippen LogP contribution >= 0.6 is 0 Å². The number of rotatable bonds is 23. The second kappa shape index (κ2) is 44.4. The number of aliphatic hydroxyl groups is 2. The lowest BCUT2D eigenvalue weighted by atomic mass is 10.1. The molecule has 772 valence electrons. The Bertz CT molecular complexity index is 7830. The van der Waals surface area contributed by atoms with Gasteiger partial charge < -0.3 is 141 Å². The number of imidazole rings is 4. The van der Waals surface area contributed by atoms with Crippen LogP contribution in [0.5, 0.6) is 46.1 Å². The number of hydrogen-bond acceptors (Lipinski definition) is 35. The number of benzene rings is 7. The number of amides is 3. The van der Waals surface area contributed by atoms with Crippen LogP contribution in [0.25, 0.3) is 67.6 Å². The Morgan fingerprint density at radius 1 is 0.400 bits per heavy atom. The molecular weight excluding hydrogens is 1920 g/mol. The SMILES string of the molecule is COc1cc(Nc2nc(-c3ccc4c(c3)C(=O)NCCO4)cn3ccnc23)ccc1N1CCN(C2COC2)CC1.COc1cc(Nc2nc(-c3ccc4c(c3)C(=O)NCCO4)cn3ccnc23)ccc1N1CCOC(CO)C1.COc1cc(Nc2nc(-c3ccc4c(c3)C(=O)NCCO4)cn3ccnc23)ccc1N1CCO[C@@H](CO)C1.[2H]C1([2H])OC([2H])([2H])C([2H])([2H])N(c2ccc(Nc3nc(-c4cnc5c(c4)CCCO5)cn4ccnc34)cc2OC)C1([2H])[2H]. The van der Waals surface area contributed by atoms with Crippen LogP contribution in [0.3, 0.4) is 0 Å². The molecule has 3 amide bonds. The second-order valence-corrected chi connectivity index (χ2v) is 36.0. The number of ether oxygens (including phenoxy) is 12. The van der Waals surface area contributed by atoms with Crippen LogP contribution in [0.4, 0.5) is 68.8 Å². The predicted molar refractivity (Wildman–Crippen MR) is 563 cm³/mol. The van der Waals surface area contributed by atoms with Crippen molar-refractivity contribution < 1.29 is 92.4 Å². The first-order valence-electron chi connectivity index (χ1n) is 53.1. The average molecular weight is 2040 g/mol. The summed E-state index contributed by atoms with van der Waals surface area (Å²) in [4.78, 5) is 88.9. The highest BCUT2D eigenvalue weighted by atomic mass is 16.5. The van der Waals surface area contributed by atoms with Gasteiger partial charge in [0.25, 0.3) is 17.7 Å². The topological polar surface area (TPSA) is 436 Å². The van der Waals surface area contributed by atoms with E-state index in [1.54, 1.807) is 87.2 Å². The molecule has 0 bridgehead atoms. The number of anilines is 12. The number of aliphatic hydroxyl groups excluding tert-OH is 2. The lowest BCUT2D eigenvalue weighted by molar-refractivity contribution is -0.0660. The van der Waals surface area contributed by atoms with E-state index < -0.39 is 26.1 Å². The second-order valence-electron chi connectivity index (χ2n) is 36.0. The molecule has 0 radical (unpaired) electrons. The van der Waals surface area contributed by atoms with Gasteiger partial charge in [-0.3, -0.25) is 19.3 Å². The Kier molecular flexibility index (Phi) is 26.2. The number of aromatic nitrogens is 13. The molecule has 0 spiro atoms. The summed E-state index contributed by atoms with van der Waals surface area (Å²) >= 11 is 0. The zero-order chi connectivity index (χ0) is 109. The molecule has 9 aromatic heterocycles. The van der Waals surface area contributed by atoms with E-state index >= 15 is 0 Å². The van der Waals surface area contributed by atoms with Crippen LogP contribution in [0, 0.1) is 0 Å². The van der Waals surface area contributed by atoms with Gasteiger partial charge in [0.05, 0.1) is 199 Å². The highest BCUT2D eigenvalue weighted by molar-refractivity contribution is 6.00. The lowest BCUT2D eigenvalue weighted by Gasteiger charge is -2.43. The summed E-state index contributed by atoms with van der Waals surface area (Å²) in [5.74, 6) is 6.08. The van der Waals surface area contributed by atoms with Crippen molar-refractivity contribution in [3.05, 3.63) is 236 Å². The highest BCUT2D eigenvalue weighted by Gasteiger charge is 2.33. The van der Waals surface area contributed by atoms with Crippen LogP contribution in [-0.2, 0) is 25.4 Å². The van der Waals surface area contributed by atoms with Crippen LogP contribution < -0.4 is 94.7 Å². The van der Waals surface area contributed by atoms with Crippen LogP contribution in [0.2, 0.25) is 0 Å². The van der Waals surface area contributed by atoms with E-state index in [0.29, 0.717) is 222 Å². The summed E-state index contributed by atoms with van der Waals surface area (Å²) in [5, 5.41) is 41.0. The summed E-state index contributed by atoms with van der Waals surface area (Å²) in [6, 6.07) is 41.2. The van der Waals surface area contributed by atoms with Gasteiger partial charge in [-0.1, -0.05) is 0 Å². The number of fused-ring (bicyclic) bond motifs is 8. The van der Waals surface area contributed by atoms with Gasteiger partial charge in [0.15, 0.2) is 45.9 Å². The number of piperazine rings is 1. The molecule has 5 fully saturated rings. The fourth-order valence-corrected chi connectivity index (χ4v) is 18.9. The van der Waals surface area contributed by atoms with Gasteiger partial charge in [-0.05, 0) is 122 Å². The smallest absolute Gasteiger partial charge is 0.255 e. The first-order chi connectivity index (χ1) is 76.7. The van der Waals surface area contributed by atoms with E-state index in [-0.39, 0.29) is 54.6 Å². The monoisotopic (exact) mass is 2040 g/mol. The van der Waals surface area contributed by atoms with Crippen molar-refractivity contribution in [3.63, 3.8) is 0 Å². The molecule has 42 nitrogen and oxygen atoms in total. The minimum Gasteiger partial charge on any atom is -0.495 e. The summed E-state index contributed by atoms with van der Waals surface area (Å²) in [6.07, 6.45) is 24.6. The molecule has 0 aliphatic carbocycles. The minimum absolute atomic E-state index is 0.0251. The van der Waals surface area contributed by atoms with Gasteiger partial charge in [0, 0.05) is 221 Å². The largest absolute Gasteiger partial charge is 0.495 e. The molecule has 7 aromatic carbocycles.